The molecule has 1 aliphatic rings. The number of ether oxygens (including phenoxy) is 1. The van der Waals surface area contributed by atoms with Gasteiger partial charge < -0.3 is 14.8 Å². The number of hydrogen-bond acceptors (Lipinski definition) is 2. The van der Waals surface area contributed by atoms with E-state index >= 15 is 0 Å². The molecule has 0 saturated carbocycles. The summed E-state index contributed by atoms with van der Waals surface area (Å²) in [5, 5.41) is 5.22. The van der Waals surface area contributed by atoms with E-state index < -0.39 is 0 Å². The Labute approximate surface area is 187 Å². The summed E-state index contributed by atoms with van der Waals surface area (Å²) in [5.41, 5.74) is 1.58. The van der Waals surface area contributed by atoms with Gasteiger partial charge in [0.25, 0.3) is 0 Å². The van der Waals surface area contributed by atoms with E-state index in [1.165, 1.54) is 24.7 Å². The molecule has 0 unspecified atom stereocenters. The number of nitrogens with zero attached hydrogens (tertiary/aromatic N) is 2. The Balaban J connectivity index is 0.00000108. The molecule has 28 heavy (non-hydrogen) atoms. The zero-order valence-corrected chi connectivity index (χ0v) is 20.3. The van der Waals surface area contributed by atoms with Crippen molar-refractivity contribution in [1.82, 2.24) is 4.81 Å². The van der Waals surface area contributed by atoms with Gasteiger partial charge in [0, 0.05) is 24.3 Å². The van der Waals surface area contributed by atoms with Gasteiger partial charge >= 0.3 is 18.9 Å². The number of benzene rings is 1. The van der Waals surface area contributed by atoms with Gasteiger partial charge in [-0.05, 0) is 60.8 Å². The van der Waals surface area contributed by atoms with Crippen LogP contribution in [-0.2, 0) is 4.74 Å². The molecule has 0 aromatic heterocycles. The summed E-state index contributed by atoms with van der Waals surface area (Å²) >= 11 is 0. The van der Waals surface area contributed by atoms with Gasteiger partial charge in [-0.3, -0.25) is 0 Å². The molecule has 0 N–H and O–H groups in total. The van der Waals surface area contributed by atoms with E-state index in [1.807, 2.05) is 13.8 Å². The van der Waals surface area contributed by atoms with Crippen molar-refractivity contribution >= 4 is 12.4 Å². The third-order valence-corrected chi connectivity index (χ3v) is 5.14. The van der Waals surface area contributed by atoms with E-state index in [9.17, 15) is 0 Å². The van der Waals surface area contributed by atoms with Crippen LogP contribution in [0.4, 0.5) is 0 Å². The molecule has 1 heterocycles. The maximum Gasteiger partial charge on any atom is 1.00 e. The van der Waals surface area contributed by atoms with Crippen molar-refractivity contribution in [2.24, 2.45) is 0 Å². The second-order valence-electron chi connectivity index (χ2n) is 9.71. The van der Waals surface area contributed by atoms with Crippen LogP contribution >= 0.6 is 0 Å². The molecule has 5 heteroatoms. The van der Waals surface area contributed by atoms with Crippen molar-refractivity contribution in [2.45, 2.75) is 98.2 Å². The topological polar surface area (TPSA) is 26.6 Å². The van der Waals surface area contributed by atoms with Gasteiger partial charge in [0.2, 0.25) is 0 Å². The Kier molecular flexibility index (Phi) is 11.7. The van der Waals surface area contributed by atoms with Gasteiger partial charge in [0.1, 0.15) is 6.98 Å². The molecule has 154 valence electrons. The third-order valence-electron chi connectivity index (χ3n) is 5.14. The van der Waals surface area contributed by atoms with Crippen LogP contribution in [0.5, 0.6) is 0 Å². The fourth-order valence-corrected chi connectivity index (χ4v) is 4.15. The van der Waals surface area contributed by atoms with Crippen molar-refractivity contribution in [3.63, 3.8) is 0 Å². The van der Waals surface area contributed by atoms with E-state index in [0.717, 1.165) is 13.2 Å². The SMILES string of the molecule is CC(C)(C)[N-]B(c1ccccc1)N1C(C)(C)CCCC1(C)C.CCOCC.[Li+]. The second-order valence-corrected chi connectivity index (χ2v) is 9.71. The van der Waals surface area contributed by atoms with Crippen molar-refractivity contribution in [3.05, 3.63) is 35.6 Å². The summed E-state index contributed by atoms with van der Waals surface area (Å²) in [6.45, 7) is 21.9. The van der Waals surface area contributed by atoms with Crippen LogP contribution in [0.1, 0.15) is 81.6 Å². The van der Waals surface area contributed by atoms with Crippen molar-refractivity contribution in [3.8, 4) is 0 Å². The Hall–Kier alpha value is -0.238. The van der Waals surface area contributed by atoms with Crippen LogP contribution in [0.3, 0.4) is 0 Å². The predicted octanol–water partition coefficient (Wildman–Crippen LogP) is 2.64. The van der Waals surface area contributed by atoms with Crippen molar-refractivity contribution in [2.75, 3.05) is 13.2 Å². The molecule has 1 aromatic carbocycles. The zero-order valence-electron chi connectivity index (χ0n) is 20.3. The number of hydrogen-bond donors (Lipinski definition) is 0. The maximum atomic E-state index is 5.22. The largest absolute Gasteiger partial charge is 1.00 e. The maximum absolute atomic E-state index is 5.22. The first-order valence-corrected chi connectivity index (χ1v) is 10.6. The summed E-state index contributed by atoms with van der Waals surface area (Å²) in [6.07, 6.45) is 3.77. The molecular weight excluding hydrogens is 338 g/mol. The van der Waals surface area contributed by atoms with Gasteiger partial charge in [0.05, 0.1) is 0 Å². The molecular formula is C23H42BLiN2O. The smallest absolute Gasteiger partial charge is 0.663 e. The number of piperidine rings is 1. The first kappa shape index (κ1) is 27.8. The number of rotatable bonds is 5. The normalized spacial score (nSPS) is 18.5. The fraction of sp³-hybridized carbons (Fsp3) is 0.739. The van der Waals surface area contributed by atoms with Gasteiger partial charge in [-0.25, -0.2) is 0 Å². The van der Waals surface area contributed by atoms with E-state index in [1.54, 1.807) is 0 Å². The second kappa shape index (κ2) is 11.8. The third kappa shape index (κ3) is 8.64. The van der Waals surface area contributed by atoms with Gasteiger partial charge in [-0.15, -0.1) is 5.54 Å². The van der Waals surface area contributed by atoms with Gasteiger partial charge in [-0.1, -0.05) is 56.6 Å². The van der Waals surface area contributed by atoms with Crippen LogP contribution in [0.25, 0.3) is 5.23 Å². The molecule has 1 aliphatic heterocycles. The Morgan fingerprint density at radius 1 is 0.964 bits per heavy atom. The van der Waals surface area contributed by atoms with Crippen molar-refractivity contribution < 1.29 is 23.6 Å². The quantitative estimate of drug-likeness (QED) is 0.735. The van der Waals surface area contributed by atoms with Crippen LogP contribution in [0, 0.1) is 0 Å². The van der Waals surface area contributed by atoms with E-state index in [-0.39, 0.29) is 42.5 Å². The average Bonchev–Trinajstić information content (AvgIpc) is 2.53. The van der Waals surface area contributed by atoms with E-state index in [0.29, 0.717) is 0 Å². The first-order chi connectivity index (χ1) is 12.4. The minimum Gasteiger partial charge on any atom is -0.663 e. The van der Waals surface area contributed by atoms with Crippen LogP contribution < -0.4 is 24.3 Å². The van der Waals surface area contributed by atoms with Crippen LogP contribution in [0.15, 0.2) is 30.3 Å². The van der Waals surface area contributed by atoms with E-state index in [2.05, 4.69) is 83.6 Å². The van der Waals surface area contributed by atoms with Crippen molar-refractivity contribution in [1.29, 1.82) is 0 Å². The summed E-state index contributed by atoms with van der Waals surface area (Å²) in [5.74, 6) is 0. The molecule has 1 aromatic rings. The summed E-state index contributed by atoms with van der Waals surface area (Å²) in [7, 11) is 0. The minimum absolute atomic E-state index is 0. The molecule has 0 aliphatic carbocycles. The zero-order chi connectivity index (χ0) is 20.7. The molecule has 0 spiro atoms. The van der Waals surface area contributed by atoms with E-state index in [4.69, 9.17) is 9.96 Å². The Morgan fingerprint density at radius 2 is 1.43 bits per heavy atom. The van der Waals surface area contributed by atoms with Gasteiger partial charge in [0.15, 0.2) is 0 Å². The molecule has 1 fully saturated rings. The molecule has 0 amide bonds. The molecule has 0 bridgehead atoms. The fourth-order valence-electron chi connectivity index (χ4n) is 4.15. The molecule has 3 nitrogen and oxygen atoms in total. The molecule has 0 atom stereocenters. The van der Waals surface area contributed by atoms with Crippen LogP contribution in [0.2, 0.25) is 0 Å². The summed E-state index contributed by atoms with van der Waals surface area (Å²) in [4.78, 5) is 2.66. The molecule has 1 saturated heterocycles. The summed E-state index contributed by atoms with van der Waals surface area (Å²) < 4.78 is 4.83. The first-order valence-electron chi connectivity index (χ1n) is 10.6. The minimum atomic E-state index is -0.0515. The standard InChI is InChI=1S/C19H32BN2.C4H10O.Li/c1-17(2,3)21-20(16-12-9-8-10-13-16)22-18(4,5)14-11-15-19(22,6)7;1-3-5-4-2;/h8-10,12-13H,11,14-15H2,1-7H3;3-4H2,1-2H3;/q-1;;+1. The Bertz CT molecular complexity index is 525. The summed E-state index contributed by atoms with van der Waals surface area (Å²) in [6, 6.07) is 10.8. The molecule has 2 rings (SSSR count). The van der Waals surface area contributed by atoms with Crippen LogP contribution in [-0.4, -0.2) is 41.6 Å². The molecule has 0 radical (unpaired) electrons. The predicted molar refractivity (Wildman–Crippen MR) is 121 cm³/mol. The van der Waals surface area contributed by atoms with Gasteiger partial charge in [-0.2, -0.15) is 0 Å². The monoisotopic (exact) mass is 380 g/mol. The average molecular weight is 380 g/mol. The Morgan fingerprint density at radius 3 is 1.79 bits per heavy atom.